The van der Waals surface area contributed by atoms with Crippen molar-refractivity contribution in [1.29, 1.82) is 0 Å². The van der Waals surface area contributed by atoms with Crippen LogP contribution in [0.25, 0.3) is 0 Å². The fourth-order valence-electron chi connectivity index (χ4n) is 2.37. The number of amides is 1. The van der Waals surface area contributed by atoms with Crippen LogP contribution in [0.2, 0.25) is 0 Å². The number of nitrogens with two attached hydrogens (primary N) is 1. The molecule has 21 heavy (non-hydrogen) atoms. The standard InChI is InChI=1S/C16H22N2O2S/c1-12-10-15(21-14(12)7-5-8-17)16(19)18(2)11-13-6-3-4-9-20-13/h10,13H,3-4,6,8-9,11,17H2,1-2H3. The molecule has 0 saturated carbocycles. The van der Waals surface area contributed by atoms with Crippen molar-refractivity contribution in [1.82, 2.24) is 4.90 Å². The fraction of sp³-hybridized carbons (Fsp3) is 0.562. The highest BCUT2D eigenvalue weighted by Gasteiger charge is 2.21. The van der Waals surface area contributed by atoms with Gasteiger partial charge in [0.05, 0.1) is 22.4 Å². The Bertz CT molecular complexity index is 550. The van der Waals surface area contributed by atoms with Crippen LogP contribution in [0.4, 0.5) is 0 Å². The van der Waals surface area contributed by atoms with Crippen molar-refractivity contribution in [3.05, 3.63) is 21.4 Å². The molecule has 1 aromatic heterocycles. The topological polar surface area (TPSA) is 55.6 Å². The lowest BCUT2D eigenvalue weighted by atomic mass is 10.1. The second-order valence-electron chi connectivity index (χ2n) is 5.30. The number of aryl methyl sites for hydroxylation is 1. The fourth-order valence-corrected chi connectivity index (χ4v) is 3.41. The van der Waals surface area contributed by atoms with E-state index in [9.17, 15) is 4.79 Å². The highest BCUT2D eigenvalue weighted by molar-refractivity contribution is 7.14. The van der Waals surface area contributed by atoms with Crippen LogP contribution in [0, 0.1) is 18.8 Å². The third-order valence-electron chi connectivity index (χ3n) is 3.53. The van der Waals surface area contributed by atoms with Crippen molar-refractivity contribution < 1.29 is 9.53 Å². The van der Waals surface area contributed by atoms with Gasteiger partial charge in [-0.2, -0.15) is 0 Å². The largest absolute Gasteiger partial charge is 0.376 e. The SMILES string of the molecule is Cc1cc(C(=O)N(C)CC2CCCCO2)sc1C#CCN. The van der Waals surface area contributed by atoms with Gasteiger partial charge in [-0.15, -0.1) is 11.3 Å². The summed E-state index contributed by atoms with van der Waals surface area (Å²) in [5.41, 5.74) is 6.42. The number of nitrogens with zero attached hydrogens (tertiary/aromatic N) is 1. The van der Waals surface area contributed by atoms with Gasteiger partial charge in [-0.25, -0.2) is 0 Å². The monoisotopic (exact) mass is 306 g/mol. The van der Waals surface area contributed by atoms with Gasteiger partial charge in [0.15, 0.2) is 0 Å². The summed E-state index contributed by atoms with van der Waals surface area (Å²) < 4.78 is 5.69. The molecule has 114 valence electrons. The number of carbonyl (C=O) groups is 1. The molecule has 0 spiro atoms. The third-order valence-corrected chi connectivity index (χ3v) is 4.67. The van der Waals surface area contributed by atoms with Gasteiger partial charge in [0.1, 0.15) is 0 Å². The molecule has 4 nitrogen and oxygen atoms in total. The molecule has 5 heteroatoms. The zero-order chi connectivity index (χ0) is 15.2. The second kappa shape index (κ2) is 7.60. The minimum Gasteiger partial charge on any atom is -0.376 e. The number of ether oxygens (including phenoxy) is 1. The van der Waals surface area contributed by atoms with E-state index in [1.807, 2.05) is 20.0 Å². The van der Waals surface area contributed by atoms with Gasteiger partial charge >= 0.3 is 0 Å². The number of thiophene rings is 1. The molecule has 2 heterocycles. The van der Waals surface area contributed by atoms with Crippen LogP contribution in [0.5, 0.6) is 0 Å². The van der Waals surface area contributed by atoms with Crippen LogP contribution in [-0.4, -0.2) is 43.7 Å². The number of hydrogen-bond donors (Lipinski definition) is 1. The first-order chi connectivity index (χ1) is 10.1. The molecule has 0 radical (unpaired) electrons. The Morgan fingerprint density at radius 3 is 3.05 bits per heavy atom. The van der Waals surface area contributed by atoms with E-state index in [1.165, 1.54) is 17.8 Å². The summed E-state index contributed by atoms with van der Waals surface area (Å²) >= 11 is 1.44. The number of likely N-dealkylation sites (N-methyl/N-ethyl adjacent to an activating group) is 1. The van der Waals surface area contributed by atoms with Gasteiger partial charge < -0.3 is 15.4 Å². The maximum absolute atomic E-state index is 12.5. The van der Waals surface area contributed by atoms with E-state index >= 15 is 0 Å². The molecule has 1 saturated heterocycles. The van der Waals surface area contributed by atoms with Crippen LogP contribution in [0.1, 0.15) is 39.4 Å². The number of carbonyl (C=O) groups excluding carboxylic acids is 1. The van der Waals surface area contributed by atoms with E-state index in [-0.39, 0.29) is 12.0 Å². The van der Waals surface area contributed by atoms with E-state index in [2.05, 4.69) is 11.8 Å². The molecule has 0 aromatic carbocycles. The quantitative estimate of drug-likeness (QED) is 0.869. The predicted octanol–water partition coefficient (Wildman–Crippen LogP) is 2.01. The average Bonchev–Trinajstić information content (AvgIpc) is 2.86. The predicted molar refractivity (Wildman–Crippen MR) is 85.5 cm³/mol. The van der Waals surface area contributed by atoms with Crippen LogP contribution >= 0.6 is 11.3 Å². The maximum Gasteiger partial charge on any atom is 0.263 e. The zero-order valence-corrected chi connectivity index (χ0v) is 13.5. The smallest absolute Gasteiger partial charge is 0.263 e. The maximum atomic E-state index is 12.5. The molecule has 1 aliphatic rings. The number of hydrogen-bond acceptors (Lipinski definition) is 4. The molecule has 1 aromatic rings. The van der Waals surface area contributed by atoms with Crippen molar-refractivity contribution in [2.45, 2.75) is 32.3 Å². The van der Waals surface area contributed by atoms with E-state index < -0.39 is 0 Å². The molecule has 1 aliphatic heterocycles. The van der Waals surface area contributed by atoms with E-state index in [0.29, 0.717) is 13.1 Å². The van der Waals surface area contributed by atoms with E-state index in [4.69, 9.17) is 10.5 Å². The Balaban J connectivity index is 2.01. The van der Waals surface area contributed by atoms with Crippen molar-refractivity contribution in [3.63, 3.8) is 0 Å². The molecular formula is C16H22N2O2S. The van der Waals surface area contributed by atoms with Crippen molar-refractivity contribution in [2.75, 3.05) is 26.7 Å². The molecule has 1 fully saturated rings. The Hall–Kier alpha value is -1.35. The molecule has 1 unspecified atom stereocenters. The summed E-state index contributed by atoms with van der Waals surface area (Å²) in [5.74, 6) is 5.89. The average molecular weight is 306 g/mol. The first-order valence-electron chi connectivity index (χ1n) is 7.28. The minimum absolute atomic E-state index is 0.0399. The lowest BCUT2D eigenvalue weighted by Crippen LogP contribution is -2.36. The Kier molecular flexibility index (Phi) is 5.80. The van der Waals surface area contributed by atoms with Crippen molar-refractivity contribution >= 4 is 17.2 Å². The van der Waals surface area contributed by atoms with Crippen LogP contribution in [0.3, 0.4) is 0 Å². The molecule has 2 N–H and O–H groups in total. The summed E-state index contributed by atoms with van der Waals surface area (Å²) in [6.07, 6.45) is 3.52. The summed E-state index contributed by atoms with van der Waals surface area (Å²) in [7, 11) is 1.83. The highest BCUT2D eigenvalue weighted by Crippen LogP contribution is 2.23. The normalized spacial score (nSPS) is 18.0. The van der Waals surface area contributed by atoms with Crippen LogP contribution < -0.4 is 5.73 Å². The van der Waals surface area contributed by atoms with E-state index in [0.717, 1.165) is 34.8 Å². The van der Waals surface area contributed by atoms with Crippen molar-refractivity contribution in [3.8, 4) is 11.8 Å². The first kappa shape index (κ1) is 16.0. The Labute approximate surface area is 130 Å². The van der Waals surface area contributed by atoms with Gasteiger partial charge in [-0.1, -0.05) is 11.8 Å². The lowest BCUT2D eigenvalue weighted by Gasteiger charge is -2.27. The summed E-state index contributed by atoms with van der Waals surface area (Å²) in [5, 5.41) is 0. The summed E-state index contributed by atoms with van der Waals surface area (Å²) in [6, 6.07) is 1.91. The lowest BCUT2D eigenvalue weighted by molar-refractivity contribution is -0.000100. The van der Waals surface area contributed by atoms with Gasteiger partial charge in [0.2, 0.25) is 0 Å². The highest BCUT2D eigenvalue weighted by atomic mass is 32.1. The summed E-state index contributed by atoms with van der Waals surface area (Å²) in [6.45, 7) is 3.76. The molecule has 1 amide bonds. The number of rotatable bonds is 3. The van der Waals surface area contributed by atoms with Crippen molar-refractivity contribution in [2.24, 2.45) is 5.73 Å². The van der Waals surface area contributed by atoms with E-state index in [1.54, 1.807) is 4.90 Å². The summed E-state index contributed by atoms with van der Waals surface area (Å²) in [4.78, 5) is 15.9. The minimum atomic E-state index is 0.0399. The van der Waals surface area contributed by atoms with Gasteiger partial charge in [0, 0.05) is 20.2 Å². The molecule has 0 aliphatic carbocycles. The van der Waals surface area contributed by atoms with Crippen LogP contribution in [0.15, 0.2) is 6.07 Å². The zero-order valence-electron chi connectivity index (χ0n) is 12.6. The van der Waals surface area contributed by atoms with Crippen LogP contribution in [-0.2, 0) is 4.74 Å². The van der Waals surface area contributed by atoms with Gasteiger partial charge in [-0.05, 0) is 37.8 Å². The molecule has 1 atom stereocenters. The van der Waals surface area contributed by atoms with Gasteiger partial charge in [0.25, 0.3) is 5.91 Å². The Morgan fingerprint density at radius 1 is 1.57 bits per heavy atom. The van der Waals surface area contributed by atoms with Gasteiger partial charge in [-0.3, -0.25) is 4.79 Å². The Morgan fingerprint density at radius 2 is 2.38 bits per heavy atom. The second-order valence-corrected chi connectivity index (χ2v) is 6.36. The molecule has 2 rings (SSSR count). The third kappa shape index (κ3) is 4.31. The molecular weight excluding hydrogens is 284 g/mol. The molecule has 0 bridgehead atoms. The first-order valence-corrected chi connectivity index (χ1v) is 8.10.